The Kier molecular flexibility index (Phi) is 7.47. The molecule has 2 aromatic rings. The fourth-order valence-corrected chi connectivity index (χ4v) is 5.67. The number of hydrogen-bond donors (Lipinski definition) is 1. The Morgan fingerprint density at radius 1 is 1.24 bits per heavy atom. The Labute approximate surface area is 244 Å². The summed E-state index contributed by atoms with van der Waals surface area (Å²) >= 11 is 0. The number of benzene rings is 1. The summed E-state index contributed by atoms with van der Waals surface area (Å²) in [5.74, 6) is 5.77. The number of halogens is 1. The summed E-state index contributed by atoms with van der Waals surface area (Å²) in [6, 6.07) is 5.69. The highest BCUT2D eigenvalue weighted by molar-refractivity contribution is 6.19. The largest absolute Gasteiger partial charge is 0.444 e. The summed E-state index contributed by atoms with van der Waals surface area (Å²) < 4.78 is 19.2. The van der Waals surface area contributed by atoms with Crippen LogP contribution in [0, 0.1) is 17.7 Å². The standard InChI is InChI=1S/C30H36FN7O4/c1-7-8-16-37-24-25(39)38(23-14-11-19-17-20(31)12-13-22(19)33-23)28(41)35(6)30(24,5)34-26(37)36-15-9-10-21(18-36)32-27(40)42-29(2,3)4/h11-14,17,21,24H,9-10,15-16,18H2,1-6H3,(H,32,40)/t21-,24?,30?/m1/s1. The highest BCUT2D eigenvalue weighted by Gasteiger charge is 2.61. The zero-order valence-electron chi connectivity index (χ0n) is 24.8. The van der Waals surface area contributed by atoms with Gasteiger partial charge in [-0.05, 0) is 77.8 Å². The van der Waals surface area contributed by atoms with Crippen molar-refractivity contribution in [2.45, 2.75) is 70.8 Å². The number of pyridine rings is 1. The van der Waals surface area contributed by atoms with Gasteiger partial charge in [-0.2, -0.15) is 0 Å². The Balaban J connectivity index is 1.46. The van der Waals surface area contributed by atoms with Gasteiger partial charge in [-0.15, -0.1) is 5.92 Å². The number of guanidine groups is 1. The van der Waals surface area contributed by atoms with Crippen molar-refractivity contribution in [1.29, 1.82) is 0 Å². The van der Waals surface area contributed by atoms with Gasteiger partial charge in [-0.1, -0.05) is 5.92 Å². The van der Waals surface area contributed by atoms with E-state index in [2.05, 4.69) is 22.1 Å². The van der Waals surface area contributed by atoms with Crippen LogP contribution in [0.25, 0.3) is 10.9 Å². The minimum atomic E-state index is -1.21. The zero-order valence-corrected chi connectivity index (χ0v) is 24.8. The fraction of sp³-hybridized carbons (Fsp3) is 0.500. The van der Waals surface area contributed by atoms with E-state index in [9.17, 15) is 18.8 Å². The number of likely N-dealkylation sites (tertiary alicyclic amines) is 1. The second kappa shape index (κ2) is 10.8. The molecule has 0 spiro atoms. The van der Waals surface area contributed by atoms with Gasteiger partial charge < -0.3 is 19.9 Å². The Bertz CT molecular complexity index is 1530. The molecule has 11 nitrogen and oxygen atoms in total. The van der Waals surface area contributed by atoms with Crippen LogP contribution in [0.3, 0.4) is 0 Å². The first-order chi connectivity index (χ1) is 19.8. The predicted molar refractivity (Wildman–Crippen MR) is 156 cm³/mol. The van der Waals surface area contributed by atoms with Crippen LogP contribution in [0.4, 0.5) is 19.8 Å². The van der Waals surface area contributed by atoms with Crippen molar-refractivity contribution in [1.82, 2.24) is 25.0 Å². The molecule has 0 aliphatic carbocycles. The number of anilines is 1. The average Bonchev–Trinajstić information content (AvgIpc) is 3.23. The minimum absolute atomic E-state index is 0.146. The molecule has 1 aromatic heterocycles. The van der Waals surface area contributed by atoms with Gasteiger partial charge in [0.05, 0.1) is 12.1 Å². The first-order valence-corrected chi connectivity index (χ1v) is 14.0. The molecule has 42 heavy (non-hydrogen) atoms. The molecule has 2 fully saturated rings. The van der Waals surface area contributed by atoms with Crippen LogP contribution >= 0.6 is 0 Å². The third-order valence-corrected chi connectivity index (χ3v) is 7.74. The number of piperidine rings is 1. The number of likely N-dealkylation sites (N-methyl/N-ethyl adjacent to an activating group) is 1. The summed E-state index contributed by atoms with van der Waals surface area (Å²) in [5, 5.41) is 3.51. The second-order valence-electron chi connectivity index (χ2n) is 11.9. The fourth-order valence-electron chi connectivity index (χ4n) is 5.67. The smallest absolute Gasteiger partial charge is 0.407 e. The van der Waals surface area contributed by atoms with E-state index in [0.717, 1.165) is 17.7 Å². The van der Waals surface area contributed by atoms with Gasteiger partial charge >= 0.3 is 12.1 Å². The maximum absolute atomic E-state index is 14.2. The number of amides is 4. The van der Waals surface area contributed by atoms with Gasteiger partial charge in [-0.3, -0.25) is 9.69 Å². The van der Waals surface area contributed by atoms with Crippen LogP contribution in [0.2, 0.25) is 0 Å². The number of aliphatic imine (C=N–C) groups is 1. The number of fused-ring (bicyclic) bond motifs is 2. The first-order valence-electron chi connectivity index (χ1n) is 14.0. The molecule has 3 aliphatic rings. The molecule has 1 N–H and O–H groups in total. The quantitative estimate of drug-likeness (QED) is 0.556. The minimum Gasteiger partial charge on any atom is -0.444 e. The number of alkyl carbamates (subject to hydrolysis) is 1. The zero-order chi connectivity index (χ0) is 30.4. The van der Waals surface area contributed by atoms with Crippen LogP contribution in [-0.4, -0.2) is 93.7 Å². The molecule has 3 atom stereocenters. The lowest BCUT2D eigenvalue weighted by atomic mass is 9.97. The molecular weight excluding hydrogens is 541 g/mol. The monoisotopic (exact) mass is 577 g/mol. The lowest BCUT2D eigenvalue weighted by Gasteiger charge is -2.46. The number of urea groups is 1. The Morgan fingerprint density at radius 3 is 2.71 bits per heavy atom. The third kappa shape index (κ3) is 5.31. The maximum atomic E-state index is 14.2. The molecule has 3 aliphatic heterocycles. The lowest BCUT2D eigenvalue weighted by molar-refractivity contribution is -0.127. The van der Waals surface area contributed by atoms with Crippen LogP contribution < -0.4 is 10.2 Å². The third-order valence-electron chi connectivity index (χ3n) is 7.74. The van der Waals surface area contributed by atoms with Crippen molar-refractivity contribution in [2.75, 3.05) is 31.6 Å². The van der Waals surface area contributed by atoms with E-state index in [1.807, 2.05) is 30.6 Å². The maximum Gasteiger partial charge on any atom is 0.407 e. The number of ether oxygens (including phenoxy) is 1. The normalized spacial score (nSPS) is 24.3. The van der Waals surface area contributed by atoms with Crippen LogP contribution in [0.5, 0.6) is 0 Å². The molecule has 0 radical (unpaired) electrons. The van der Waals surface area contributed by atoms with E-state index in [0.29, 0.717) is 30.0 Å². The predicted octanol–water partition coefficient (Wildman–Crippen LogP) is 3.54. The summed E-state index contributed by atoms with van der Waals surface area (Å²) in [4.78, 5) is 56.3. The lowest BCUT2D eigenvalue weighted by Crippen LogP contribution is -2.71. The van der Waals surface area contributed by atoms with Gasteiger partial charge in [0, 0.05) is 31.6 Å². The Morgan fingerprint density at radius 2 is 2.00 bits per heavy atom. The van der Waals surface area contributed by atoms with E-state index >= 15 is 0 Å². The first kappa shape index (κ1) is 29.1. The van der Waals surface area contributed by atoms with E-state index in [1.165, 1.54) is 23.1 Å². The molecule has 2 unspecified atom stereocenters. The summed E-state index contributed by atoms with van der Waals surface area (Å²) in [6.45, 7) is 10.2. The SMILES string of the molecule is CC#CCN1C(N2CCC[C@@H](NC(=O)OC(C)(C)C)C2)=NC2(C)C1C(=O)N(c1ccc3cc(F)ccc3n1)C(=O)N2C. The van der Waals surface area contributed by atoms with Gasteiger partial charge in [0.2, 0.25) is 5.96 Å². The van der Waals surface area contributed by atoms with Gasteiger partial charge in [0.25, 0.3) is 5.91 Å². The molecule has 5 rings (SSSR count). The van der Waals surface area contributed by atoms with Crippen molar-refractivity contribution >= 4 is 40.7 Å². The molecule has 12 heteroatoms. The number of hydrogen-bond acceptors (Lipinski definition) is 8. The molecule has 4 amide bonds. The van der Waals surface area contributed by atoms with Crippen molar-refractivity contribution in [3.8, 4) is 11.8 Å². The van der Waals surface area contributed by atoms with E-state index in [1.54, 1.807) is 33.0 Å². The molecule has 2 saturated heterocycles. The number of carbonyl (C=O) groups is 3. The Hall–Kier alpha value is -4.40. The number of nitrogens with zero attached hydrogens (tertiary/aromatic N) is 6. The second-order valence-corrected chi connectivity index (χ2v) is 11.9. The number of nitrogens with one attached hydrogen (secondary N) is 1. The topological polar surface area (TPSA) is 111 Å². The average molecular weight is 578 g/mol. The molecule has 222 valence electrons. The van der Waals surface area contributed by atoms with Crippen molar-refractivity contribution in [3.05, 3.63) is 36.1 Å². The highest BCUT2D eigenvalue weighted by Crippen LogP contribution is 2.39. The number of aromatic nitrogens is 1. The van der Waals surface area contributed by atoms with E-state index in [4.69, 9.17) is 9.73 Å². The molecular formula is C30H36FN7O4. The van der Waals surface area contributed by atoms with Crippen LogP contribution in [-0.2, 0) is 9.53 Å². The summed E-state index contributed by atoms with van der Waals surface area (Å²) in [6.07, 6.45) is 1.06. The highest BCUT2D eigenvalue weighted by atomic mass is 19.1. The van der Waals surface area contributed by atoms with Gasteiger partial charge in [-0.25, -0.2) is 28.9 Å². The molecule has 0 bridgehead atoms. The number of imide groups is 1. The molecule has 1 aromatic carbocycles. The summed E-state index contributed by atoms with van der Waals surface area (Å²) in [7, 11) is 1.62. The van der Waals surface area contributed by atoms with Crippen molar-refractivity contribution in [3.63, 3.8) is 0 Å². The molecule has 0 saturated carbocycles. The summed E-state index contributed by atoms with van der Waals surface area (Å²) in [5.41, 5.74) is -1.37. The van der Waals surface area contributed by atoms with E-state index < -0.39 is 41.2 Å². The van der Waals surface area contributed by atoms with Gasteiger partial charge in [0.1, 0.15) is 17.2 Å². The van der Waals surface area contributed by atoms with Crippen LogP contribution in [0.15, 0.2) is 35.3 Å². The number of rotatable bonds is 3. The van der Waals surface area contributed by atoms with Crippen LogP contribution in [0.1, 0.15) is 47.5 Å². The number of carbonyl (C=O) groups excluding carboxylic acids is 3. The molecule has 4 heterocycles. The van der Waals surface area contributed by atoms with Crippen molar-refractivity contribution < 1.29 is 23.5 Å². The van der Waals surface area contributed by atoms with E-state index in [-0.39, 0.29) is 18.4 Å². The van der Waals surface area contributed by atoms with Crippen molar-refractivity contribution in [2.24, 2.45) is 4.99 Å². The van der Waals surface area contributed by atoms with Gasteiger partial charge in [0.15, 0.2) is 11.7 Å².